The summed E-state index contributed by atoms with van der Waals surface area (Å²) < 4.78 is 16.3. The maximum atomic E-state index is 12.8. The highest BCUT2D eigenvalue weighted by atomic mass is 16.5. The van der Waals surface area contributed by atoms with Crippen LogP contribution in [0.5, 0.6) is 17.2 Å². The Morgan fingerprint density at radius 2 is 1.75 bits per heavy atom. The van der Waals surface area contributed by atoms with E-state index in [1.165, 1.54) is 19.3 Å². The van der Waals surface area contributed by atoms with Crippen LogP contribution in [0.25, 0.3) is 10.9 Å². The van der Waals surface area contributed by atoms with E-state index in [1.54, 1.807) is 33.5 Å². The molecule has 2 aromatic rings. The lowest BCUT2D eigenvalue weighted by molar-refractivity contribution is 0.0795. The van der Waals surface area contributed by atoms with Crippen LogP contribution in [0.15, 0.2) is 12.1 Å². The Kier molecular flexibility index (Phi) is 6.03. The molecular weight excluding hydrogens is 358 g/mol. The zero-order valence-corrected chi connectivity index (χ0v) is 17.5. The molecule has 0 aliphatic carbocycles. The van der Waals surface area contributed by atoms with Crippen LogP contribution in [0, 0.1) is 0 Å². The van der Waals surface area contributed by atoms with E-state index < -0.39 is 0 Å². The van der Waals surface area contributed by atoms with E-state index in [1.807, 2.05) is 0 Å². The molecule has 1 amide bonds. The number of aromatic nitrogens is 1. The van der Waals surface area contributed by atoms with Gasteiger partial charge in [0.25, 0.3) is 5.91 Å². The van der Waals surface area contributed by atoms with Gasteiger partial charge in [-0.15, -0.1) is 0 Å². The van der Waals surface area contributed by atoms with Gasteiger partial charge in [-0.3, -0.25) is 9.69 Å². The van der Waals surface area contributed by atoms with Gasteiger partial charge in [-0.2, -0.15) is 0 Å². The Hall–Kier alpha value is -2.41. The summed E-state index contributed by atoms with van der Waals surface area (Å²) in [5.41, 5.74) is 1.06. The molecule has 0 spiro atoms. The average molecular weight is 389 g/mol. The first-order valence-electron chi connectivity index (χ1n) is 9.76. The van der Waals surface area contributed by atoms with Gasteiger partial charge in [0.2, 0.25) is 0 Å². The molecule has 0 radical (unpaired) electrons. The highest BCUT2D eigenvalue weighted by Crippen LogP contribution is 2.41. The molecule has 7 nitrogen and oxygen atoms in total. The number of ether oxygens (including phenoxy) is 3. The molecule has 28 heavy (non-hydrogen) atoms. The van der Waals surface area contributed by atoms with E-state index in [0.717, 1.165) is 18.5 Å². The van der Waals surface area contributed by atoms with Crippen molar-refractivity contribution < 1.29 is 19.0 Å². The summed E-state index contributed by atoms with van der Waals surface area (Å²) in [6, 6.07) is 3.55. The molecule has 3 rings (SSSR count). The largest absolute Gasteiger partial charge is 0.496 e. The first-order valence-corrected chi connectivity index (χ1v) is 9.76. The number of benzene rings is 1. The number of likely N-dealkylation sites (tertiary alicyclic amines) is 1. The van der Waals surface area contributed by atoms with Gasteiger partial charge in [0.1, 0.15) is 11.4 Å². The molecule has 2 heterocycles. The third-order valence-corrected chi connectivity index (χ3v) is 5.58. The predicted molar refractivity (Wildman–Crippen MR) is 110 cm³/mol. The van der Waals surface area contributed by atoms with Crippen LogP contribution in [0.3, 0.4) is 0 Å². The summed E-state index contributed by atoms with van der Waals surface area (Å²) in [6.07, 6.45) is 3.74. The van der Waals surface area contributed by atoms with Crippen molar-refractivity contribution in [3.05, 3.63) is 17.8 Å². The van der Waals surface area contributed by atoms with E-state index in [2.05, 4.69) is 29.0 Å². The van der Waals surface area contributed by atoms with Gasteiger partial charge in [0.15, 0.2) is 11.5 Å². The second-order valence-corrected chi connectivity index (χ2v) is 7.83. The summed E-state index contributed by atoms with van der Waals surface area (Å²) in [6.45, 7) is 7.12. The second-order valence-electron chi connectivity index (χ2n) is 7.83. The monoisotopic (exact) mass is 389 g/mol. The molecule has 7 heteroatoms. The van der Waals surface area contributed by atoms with E-state index in [-0.39, 0.29) is 11.4 Å². The third-order valence-electron chi connectivity index (χ3n) is 5.58. The standard InChI is InChI=1S/C21H31N3O4/c1-21(2,24-9-7-6-8-10-24)13-22-20(25)15-11-14-16(26-3)12-17(27-4)19(28-5)18(14)23-15/h11-12,23H,6-10,13H2,1-5H3,(H,22,25). The minimum Gasteiger partial charge on any atom is -0.496 e. The molecule has 1 fully saturated rings. The van der Waals surface area contributed by atoms with Crippen LogP contribution < -0.4 is 19.5 Å². The number of H-pyrrole nitrogens is 1. The minimum atomic E-state index is -0.149. The van der Waals surface area contributed by atoms with Crippen molar-refractivity contribution in [3.63, 3.8) is 0 Å². The molecule has 0 bridgehead atoms. The number of hydrogen-bond acceptors (Lipinski definition) is 5. The van der Waals surface area contributed by atoms with Gasteiger partial charge in [-0.25, -0.2) is 0 Å². The molecule has 1 aromatic heterocycles. The quantitative estimate of drug-likeness (QED) is 0.761. The molecule has 0 saturated carbocycles. The highest BCUT2D eigenvalue weighted by Gasteiger charge is 2.29. The fourth-order valence-electron chi connectivity index (χ4n) is 3.86. The summed E-state index contributed by atoms with van der Waals surface area (Å²) in [7, 11) is 4.74. The van der Waals surface area contributed by atoms with Crippen LogP contribution >= 0.6 is 0 Å². The van der Waals surface area contributed by atoms with E-state index in [0.29, 0.717) is 35.0 Å². The summed E-state index contributed by atoms with van der Waals surface area (Å²) >= 11 is 0. The van der Waals surface area contributed by atoms with Crippen LogP contribution in [0.2, 0.25) is 0 Å². The maximum Gasteiger partial charge on any atom is 0.267 e. The Balaban J connectivity index is 1.82. The molecule has 1 aromatic carbocycles. The van der Waals surface area contributed by atoms with Gasteiger partial charge in [-0.05, 0) is 45.8 Å². The molecule has 1 aliphatic heterocycles. The molecule has 0 atom stereocenters. The van der Waals surface area contributed by atoms with Gasteiger partial charge in [0, 0.05) is 23.5 Å². The molecule has 1 saturated heterocycles. The van der Waals surface area contributed by atoms with Crippen LogP contribution in [-0.4, -0.2) is 62.3 Å². The Morgan fingerprint density at radius 1 is 1.07 bits per heavy atom. The number of nitrogens with zero attached hydrogens (tertiary/aromatic N) is 1. The normalized spacial score (nSPS) is 15.5. The lowest BCUT2D eigenvalue weighted by Crippen LogP contribution is -2.53. The minimum absolute atomic E-state index is 0.0826. The number of methoxy groups -OCH3 is 3. The number of aromatic amines is 1. The van der Waals surface area contributed by atoms with Crippen molar-refractivity contribution in [3.8, 4) is 17.2 Å². The number of fused-ring (bicyclic) bond motifs is 1. The van der Waals surface area contributed by atoms with Crippen molar-refractivity contribution in [2.75, 3.05) is 41.0 Å². The number of carbonyl (C=O) groups excluding carboxylic acids is 1. The second kappa shape index (κ2) is 8.31. The van der Waals surface area contributed by atoms with Crippen molar-refractivity contribution in [1.29, 1.82) is 0 Å². The highest BCUT2D eigenvalue weighted by molar-refractivity contribution is 6.02. The SMILES string of the molecule is COc1cc(OC)c2cc(C(=O)NCC(C)(C)N3CCCCC3)[nH]c2c1OC. The van der Waals surface area contributed by atoms with Gasteiger partial charge < -0.3 is 24.5 Å². The molecule has 2 N–H and O–H groups in total. The maximum absolute atomic E-state index is 12.8. The summed E-state index contributed by atoms with van der Waals surface area (Å²) in [5.74, 6) is 1.57. The number of carbonyl (C=O) groups is 1. The van der Waals surface area contributed by atoms with Gasteiger partial charge in [0.05, 0.1) is 26.8 Å². The summed E-state index contributed by atoms with van der Waals surface area (Å²) in [5, 5.41) is 3.85. The molecule has 1 aliphatic rings. The van der Waals surface area contributed by atoms with Crippen molar-refractivity contribution in [1.82, 2.24) is 15.2 Å². The molecule has 0 unspecified atom stereocenters. The predicted octanol–water partition coefficient (Wildman–Crippen LogP) is 3.19. The van der Waals surface area contributed by atoms with Crippen molar-refractivity contribution in [2.45, 2.75) is 38.6 Å². The molecule has 154 valence electrons. The Bertz CT molecular complexity index is 838. The smallest absolute Gasteiger partial charge is 0.267 e. The number of nitrogens with one attached hydrogen (secondary N) is 2. The third kappa shape index (κ3) is 3.90. The zero-order valence-electron chi connectivity index (χ0n) is 17.5. The average Bonchev–Trinajstić information content (AvgIpc) is 3.16. The number of hydrogen-bond donors (Lipinski definition) is 2. The topological polar surface area (TPSA) is 75.8 Å². The van der Waals surface area contributed by atoms with Crippen LogP contribution in [0.1, 0.15) is 43.6 Å². The van der Waals surface area contributed by atoms with Crippen molar-refractivity contribution >= 4 is 16.8 Å². The van der Waals surface area contributed by atoms with Crippen LogP contribution in [0.4, 0.5) is 0 Å². The van der Waals surface area contributed by atoms with Gasteiger partial charge >= 0.3 is 0 Å². The number of rotatable bonds is 7. The van der Waals surface area contributed by atoms with E-state index in [9.17, 15) is 4.79 Å². The first kappa shape index (κ1) is 20.3. The lowest BCUT2D eigenvalue weighted by atomic mass is 9.98. The first-order chi connectivity index (χ1) is 13.4. The number of piperidine rings is 1. The number of amides is 1. The van der Waals surface area contributed by atoms with Crippen molar-refractivity contribution in [2.24, 2.45) is 0 Å². The van der Waals surface area contributed by atoms with E-state index >= 15 is 0 Å². The van der Waals surface area contributed by atoms with E-state index in [4.69, 9.17) is 14.2 Å². The Labute approximate surface area is 166 Å². The molecular formula is C21H31N3O4. The summed E-state index contributed by atoms with van der Waals surface area (Å²) in [4.78, 5) is 18.5. The fourth-order valence-corrected chi connectivity index (χ4v) is 3.86. The Morgan fingerprint density at radius 3 is 2.36 bits per heavy atom. The zero-order chi connectivity index (χ0) is 20.3. The lowest BCUT2D eigenvalue weighted by Gasteiger charge is -2.41. The fraction of sp³-hybridized carbons (Fsp3) is 0.571. The van der Waals surface area contributed by atoms with Crippen LogP contribution in [-0.2, 0) is 0 Å². The van der Waals surface area contributed by atoms with Gasteiger partial charge in [-0.1, -0.05) is 6.42 Å².